The average Bonchev–Trinajstić information content (AvgIpc) is 2.74. The van der Waals surface area contributed by atoms with Crippen molar-refractivity contribution in [2.75, 3.05) is 0 Å². The van der Waals surface area contributed by atoms with Crippen LogP contribution in [0, 0.1) is 20.2 Å². The minimum Gasteiger partial charge on any atom is -0.508 e. The summed E-state index contributed by atoms with van der Waals surface area (Å²) in [6, 6.07) is 5.21. The molecule has 0 saturated carbocycles. The second-order valence-electron chi connectivity index (χ2n) is 3.33. The van der Waals surface area contributed by atoms with E-state index in [-0.39, 0.29) is 16.9 Å². The summed E-state index contributed by atoms with van der Waals surface area (Å²) in [5.41, 5.74) is 0.00458. The molecule has 2 N–H and O–H groups in total. The second-order valence-corrected chi connectivity index (χ2v) is 3.33. The van der Waals surface area contributed by atoms with E-state index in [0.29, 0.717) is 0 Å². The van der Waals surface area contributed by atoms with Gasteiger partial charge in [0.05, 0.1) is 0 Å². The fourth-order valence-corrected chi connectivity index (χ4v) is 1.48. The zero-order valence-electron chi connectivity index (χ0n) is 8.73. The highest BCUT2D eigenvalue weighted by atomic mass is 16.6. The molecule has 1 aromatic carbocycles. The highest BCUT2D eigenvalue weighted by Crippen LogP contribution is 2.36. The predicted octanol–water partition coefficient (Wildman–Crippen LogP) is 1.60. The number of aromatic nitrogens is 2. The number of H-pyrrole nitrogens is 1. The molecule has 0 amide bonds. The highest BCUT2D eigenvalue weighted by molar-refractivity contribution is 5.78. The van der Waals surface area contributed by atoms with E-state index in [0.717, 1.165) is 0 Å². The van der Waals surface area contributed by atoms with Crippen LogP contribution in [0.1, 0.15) is 0 Å². The summed E-state index contributed by atoms with van der Waals surface area (Å²) < 4.78 is 0. The lowest BCUT2D eigenvalue weighted by Crippen LogP contribution is -1.93. The lowest BCUT2D eigenvalue weighted by Gasteiger charge is -1.99. The van der Waals surface area contributed by atoms with E-state index in [1.807, 2.05) is 5.10 Å². The van der Waals surface area contributed by atoms with Gasteiger partial charge in [0.15, 0.2) is 5.56 Å². The monoisotopic (exact) mass is 250 g/mol. The molecule has 9 heteroatoms. The minimum absolute atomic E-state index is 0.0486. The van der Waals surface area contributed by atoms with Gasteiger partial charge in [-0.25, -0.2) is 0 Å². The van der Waals surface area contributed by atoms with Crippen LogP contribution in [0.15, 0.2) is 24.3 Å². The van der Waals surface area contributed by atoms with Gasteiger partial charge >= 0.3 is 11.6 Å². The Kier molecular flexibility index (Phi) is 2.64. The third kappa shape index (κ3) is 1.84. The molecule has 9 nitrogen and oxygen atoms in total. The summed E-state index contributed by atoms with van der Waals surface area (Å²) >= 11 is 0. The summed E-state index contributed by atoms with van der Waals surface area (Å²) in [7, 11) is 0. The Balaban J connectivity index is 2.66. The molecule has 1 aromatic heterocycles. The maximum Gasteiger partial charge on any atom is 0.428 e. The van der Waals surface area contributed by atoms with E-state index in [4.69, 9.17) is 5.11 Å². The van der Waals surface area contributed by atoms with E-state index >= 15 is 0 Å². The van der Waals surface area contributed by atoms with E-state index < -0.39 is 21.5 Å². The Morgan fingerprint density at radius 2 is 1.72 bits per heavy atom. The standard InChI is InChI=1S/C9H6N4O5/c14-6-3-1-5(2-4-6)7-8(12(15)16)10-11-9(7)13(17)18/h1-4,14H,(H,10,11). The van der Waals surface area contributed by atoms with Crippen molar-refractivity contribution < 1.29 is 15.0 Å². The quantitative estimate of drug-likeness (QED) is 0.627. The first-order valence-corrected chi connectivity index (χ1v) is 4.67. The summed E-state index contributed by atoms with van der Waals surface area (Å²) in [5.74, 6) is -1.24. The summed E-state index contributed by atoms with van der Waals surface area (Å²) in [5, 5.41) is 36.0. The van der Waals surface area contributed by atoms with Gasteiger partial charge in [0.25, 0.3) is 0 Å². The van der Waals surface area contributed by atoms with Gasteiger partial charge in [-0.05, 0) is 32.6 Å². The number of aromatic amines is 1. The van der Waals surface area contributed by atoms with Crippen molar-refractivity contribution in [1.82, 2.24) is 10.2 Å². The van der Waals surface area contributed by atoms with E-state index in [2.05, 4.69) is 5.10 Å². The van der Waals surface area contributed by atoms with Crippen LogP contribution in [0.3, 0.4) is 0 Å². The minimum atomic E-state index is -0.814. The molecule has 0 fully saturated rings. The first-order valence-electron chi connectivity index (χ1n) is 4.67. The average molecular weight is 250 g/mol. The normalized spacial score (nSPS) is 10.2. The molecule has 0 spiro atoms. The molecular weight excluding hydrogens is 244 g/mol. The smallest absolute Gasteiger partial charge is 0.428 e. The molecule has 2 rings (SSSR count). The molecule has 0 aliphatic rings. The maximum atomic E-state index is 10.8. The Morgan fingerprint density at radius 3 is 2.22 bits per heavy atom. The predicted molar refractivity (Wildman–Crippen MR) is 59.0 cm³/mol. The molecule has 2 aromatic rings. The second kappa shape index (κ2) is 4.13. The van der Waals surface area contributed by atoms with Crippen LogP contribution in [0.25, 0.3) is 11.1 Å². The number of nitro groups is 2. The van der Waals surface area contributed by atoms with Gasteiger partial charge in [0.1, 0.15) is 10.8 Å². The Hall–Kier alpha value is -2.97. The fraction of sp³-hybridized carbons (Fsp3) is 0. The molecule has 0 aliphatic heterocycles. The van der Waals surface area contributed by atoms with Crippen molar-refractivity contribution in [3.05, 3.63) is 44.5 Å². The number of hydrogen-bond acceptors (Lipinski definition) is 6. The van der Waals surface area contributed by atoms with E-state index in [1.54, 1.807) is 0 Å². The van der Waals surface area contributed by atoms with Crippen LogP contribution >= 0.6 is 0 Å². The molecule has 0 bridgehead atoms. The van der Waals surface area contributed by atoms with Gasteiger partial charge in [-0.1, -0.05) is 12.1 Å². The van der Waals surface area contributed by atoms with Gasteiger partial charge in [-0.3, -0.25) is 0 Å². The topological polar surface area (TPSA) is 135 Å². The zero-order chi connectivity index (χ0) is 13.3. The first-order chi connectivity index (χ1) is 8.50. The lowest BCUT2D eigenvalue weighted by molar-refractivity contribution is -0.392. The Bertz CT molecular complexity index is 587. The van der Waals surface area contributed by atoms with Gasteiger partial charge in [-0.15, -0.1) is 0 Å². The van der Waals surface area contributed by atoms with Crippen LogP contribution in [0.2, 0.25) is 0 Å². The number of phenols is 1. The zero-order valence-corrected chi connectivity index (χ0v) is 8.73. The van der Waals surface area contributed by atoms with Crippen LogP contribution < -0.4 is 0 Å². The van der Waals surface area contributed by atoms with Gasteiger partial charge in [-0.2, -0.15) is 0 Å². The highest BCUT2D eigenvalue weighted by Gasteiger charge is 2.32. The van der Waals surface area contributed by atoms with Crippen molar-refractivity contribution >= 4 is 11.6 Å². The van der Waals surface area contributed by atoms with Crippen LogP contribution in [0.4, 0.5) is 11.6 Å². The van der Waals surface area contributed by atoms with Crippen molar-refractivity contribution in [1.29, 1.82) is 0 Å². The van der Waals surface area contributed by atoms with Gasteiger partial charge in [0.2, 0.25) is 0 Å². The van der Waals surface area contributed by atoms with Crippen molar-refractivity contribution in [2.24, 2.45) is 0 Å². The molecule has 0 unspecified atom stereocenters. The van der Waals surface area contributed by atoms with Gasteiger partial charge in [0, 0.05) is 0 Å². The third-order valence-electron chi connectivity index (χ3n) is 2.24. The van der Waals surface area contributed by atoms with Crippen LogP contribution in [0.5, 0.6) is 5.75 Å². The largest absolute Gasteiger partial charge is 0.508 e. The lowest BCUT2D eigenvalue weighted by atomic mass is 10.1. The maximum absolute atomic E-state index is 10.8. The van der Waals surface area contributed by atoms with Crippen LogP contribution in [-0.4, -0.2) is 25.2 Å². The fourth-order valence-electron chi connectivity index (χ4n) is 1.48. The molecular formula is C9H6N4O5. The molecule has 0 aliphatic carbocycles. The molecule has 0 atom stereocenters. The Labute approximate surface area is 99.0 Å². The van der Waals surface area contributed by atoms with Crippen molar-refractivity contribution in [2.45, 2.75) is 0 Å². The number of rotatable bonds is 3. The molecule has 1 heterocycles. The van der Waals surface area contributed by atoms with Gasteiger partial charge < -0.3 is 25.3 Å². The summed E-state index contributed by atoms with van der Waals surface area (Å²) in [6.07, 6.45) is 0. The van der Waals surface area contributed by atoms with Crippen LogP contribution in [-0.2, 0) is 0 Å². The van der Waals surface area contributed by atoms with E-state index in [1.165, 1.54) is 24.3 Å². The first kappa shape index (κ1) is 11.5. The summed E-state index contributed by atoms with van der Waals surface area (Å²) in [4.78, 5) is 19.9. The molecule has 18 heavy (non-hydrogen) atoms. The summed E-state index contributed by atoms with van der Waals surface area (Å²) in [6.45, 7) is 0. The third-order valence-corrected chi connectivity index (χ3v) is 2.24. The number of nitrogens with zero attached hydrogens (tertiary/aromatic N) is 3. The number of hydrogen-bond donors (Lipinski definition) is 2. The molecule has 0 saturated heterocycles. The molecule has 0 radical (unpaired) electrons. The van der Waals surface area contributed by atoms with E-state index in [9.17, 15) is 20.2 Å². The number of benzene rings is 1. The van der Waals surface area contributed by atoms with Crippen molar-refractivity contribution in [3.8, 4) is 16.9 Å². The number of phenolic OH excluding ortho intramolecular Hbond substituents is 1. The molecule has 92 valence electrons. The number of nitrogens with one attached hydrogen (secondary N) is 1. The van der Waals surface area contributed by atoms with Crippen molar-refractivity contribution in [3.63, 3.8) is 0 Å². The SMILES string of the molecule is O=[N+]([O-])c1n[nH]c([N+](=O)[O-])c1-c1ccc(O)cc1. The number of aromatic hydroxyl groups is 1. The Morgan fingerprint density at radius 1 is 1.11 bits per heavy atom.